The number of nitrogens with two attached hydrogens (primary N) is 1. The van der Waals surface area contributed by atoms with Crippen LogP contribution in [0.25, 0.3) is 0 Å². The fourth-order valence-electron chi connectivity index (χ4n) is 0.569. The molecule has 0 fully saturated rings. The molecule has 0 aromatic rings. The van der Waals surface area contributed by atoms with Crippen LogP contribution < -0.4 is 11.1 Å². The van der Waals surface area contributed by atoms with Gasteiger partial charge in [0.2, 0.25) is 5.91 Å². The second-order valence-corrected chi connectivity index (χ2v) is 1.96. The second kappa shape index (κ2) is 5.89. The van der Waals surface area contributed by atoms with E-state index in [2.05, 4.69) is 5.32 Å². The molecule has 10 heavy (non-hydrogen) atoms. The largest absolute Gasteiger partial charge is 0.370 e. The van der Waals surface area contributed by atoms with Crippen molar-refractivity contribution in [1.82, 2.24) is 5.32 Å². The van der Waals surface area contributed by atoms with E-state index in [0.717, 1.165) is 12.8 Å². The van der Waals surface area contributed by atoms with Gasteiger partial charge >= 0.3 is 0 Å². The third kappa shape index (κ3) is 6.76. The zero-order valence-electron chi connectivity index (χ0n) is 5.76. The molecule has 0 aliphatic carbocycles. The first-order valence-corrected chi connectivity index (χ1v) is 3.17. The Morgan fingerprint density at radius 1 is 1.60 bits per heavy atom. The number of hydrogen-bond acceptors (Lipinski definition) is 3. The Morgan fingerprint density at radius 3 is 2.80 bits per heavy atom. The number of nitrogens with one attached hydrogen (secondary N) is 1. The maximum Gasteiger partial charge on any atom is 0.217 e. The summed E-state index contributed by atoms with van der Waals surface area (Å²) < 4.78 is 0. The van der Waals surface area contributed by atoms with E-state index in [1.807, 2.05) is 0 Å². The molecule has 0 atom stereocenters. The van der Waals surface area contributed by atoms with E-state index in [1.165, 1.54) is 0 Å². The van der Waals surface area contributed by atoms with Crippen LogP contribution in [0.1, 0.15) is 19.3 Å². The number of carbonyl (C=O) groups excluding carboxylic acids is 1. The van der Waals surface area contributed by atoms with Crippen LogP contribution in [0.4, 0.5) is 0 Å². The first-order valence-electron chi connectivity index (χ1n) is 3.17. The summed E-state index contributed by atoms with van der Waals surface area (Å²) in [5.41, 5.74) is 4.88. The molecule has 0 aromatic carbocycles. The van der Waals surface area contributed by atoms with Crippen LogP contribution >= 0.6 is 0 Å². The molecule has 0 heterocycles. The number of amides is 1. The van der Waals surface area contributed by atoms with Crippen LogP contribution in [0.2, 0.25) is 0 Å². The van der Waals surface area contributed by atoms with E-state index < -0.39 is 0 Å². The molecule has 4 heteroatoms. The fourth-order valence-corrected chi connectivity index (χ4v) is 0.569. The lowest BCUT2D eigenvalue weighted by Gasteiger charge is -1.94. The summed E-state index contributed by atoms with van der Waals surface area (Å²) >= 11 is 0. The highest BCUT2D eigenvalue weighted by Crippen LogP contribution is 1.91. The van der Waals surface area contributed by atoms with Gasteiger partial charge in [-0.2, -0.15) is 5.26 Å². The molecular weight excluding hydrogens is 130 g/mol. The van der Waals surface area contributed by atoms with E-state index >= 15 is 0 Å². The fraction of sp³-hybridized carbons (Fsp3) is 0.667. The van der Waals surface area contributed by atoms with E-state index in [4.69, 9.17) is 11.0 Å². The van der Waals surface area contributed by atoms with Gasteiger partial charge in [-0.25, -0.2) is 0 Å². The van der Waals surface area contributed by atoms with Gasteiger partial charge in [-0.15, -0.1) is 0 Å². The number of hydrogen-bond donors (Lipinski definition) is 2. The van der Waals surface area contributed by atoms with E-state index in [-0.39, 0.29) is 5.91 Å². The summed E-state index contributed by atoms with van der Waals surface area (Å²) in [7, 11) is 0. The average Bonchev–Trinajstić information content (AvgIpc) is 1.87. The highest BCUT2D eigenvalue weighted by atomic mass is 16.1. The van der Waals surface area contributed by atoms with Crippen molar-refractivity contribution in [2.45, 2.75) is 19.3 Å². The van der Waals surface area contributed by atoms with Crippen molar-refractivity contribution in [3.8, 4) is 6.19 Å². The van der Waals surface area contributed by atoms with Crippen LogP contribution in [0.15, 0.2) is 0 Å². The second-order valence-electron chi connectivity index (χ2n) is 1.96. The summed E-state index contributed by atoms with van der Waals surface area (Å²) in [5, 5.41) is 10.5. The average molecular weight is 141 g/mol. The van der Waals surface area contributed by atoms with Gasteiger partial charge in [-0.3, -0.25) is 4.79 Å². The van der Waals surface area contributed by atoms with Gasteiger partial charge in [0.15, 0.2) is 6.19 Å². The SMILES string of the molecule is N#CNCCCCC(N)=O. The van der Waals surface area contributed by atoms with E-state index in [1.54, 1.807) is 6.19 Å². The minimum atomic E-state index is -0.281. The molecule has 0 bridgehead atoms. The minimum absolute atomic E-state index is 0.281. The number of unbranched alkanes of at least 4 members (excludes halogenated alkanes) is 1. The number of primary amides is 1. The van der Waals surface area contributed by atoms with Crippen molar-refractivity contribution in [3.05, 3.63) is 0 Å². The third-order valence-electron chi connectivity index (χ3n) is 1.05. The van der Waals surface area contributed by atoms with Gasteiger partial charge in [0, 0.05) is 13.0 Å². The maximum absolute atomic E-state index is 10.2. The zero-order valence-corrected chi connectivity index (χ0v) is 5.76. The summed E-state index contributed by atoms with van der Waals surface area (Å²) in [5.74, 6) is -0.281. The third-order valence-corrected chi connectivity index (χ3v) is 1.05. The molecule has 0 rings (SSSR count). The molecule has 4 nitrogen and oxygen atoms in total. The Bertz CT molecular complexity index is 138. The molecule has 0 aliphatic heterocycles. The Labute approximate surface area is 60.0 Å². The molecule has 0 aromatic heterocycles. The van der Waals surface area contributed by atoms with Crippen LogP contribution in [0.5, 0.6) is 0 Å². The minimum Gasteiger partial charge on any atom is -0.370 e. The Hall–Kier alpha value is -1.24. The molecule has 0 spiro atoms. The van der Waals surface area contributed by atoms with Gasteiger partial charge in [-0.05, 0) is 12.8 Å². The molecule has 0 aliphatic rings. The highest BCUT2D eigenvalue weighted by Gasteiger charge is 1.92. The van der Waals surface area contributed by atoms with Crippen molar-refractivity contribution < 1.29 is 4.79 Å². The van der Waals surface area contributed by atoms with Crippen molar-refractivity contribution in [2.75, 3.05) is 6.54 Å². The maximum atomic E-state index is 10.2. The molecule has 0 radical (unpaired) electrons. The molecule has 0 unspecified atom stereocenters. The first kappa shape index (κ1) is 8.76. The summed E-state index contributed by atoms with van der Waals surface area (Å²) in [4.78, 5) is 10.2. The van der Waals surface area contributed by atoms with Crippen molar-refractivity contribution >= 4 is 5.91 Å². The molecule has 0 saturated heterocycles. The van der Waals surface area contributed by atoms with Gasteiger partial charge in [-0.1, -0.05) is 0 Å². The lowest BCUT2D eigenvalue weighted by Crippen LogP contribution is -2.12. The number of rotatable bonds is 5. The smallest absolute Gasteiger partial charge is 0.217 e. The van der Waals surface area contributed by atoms with Crippen molar-refractivity contribution in [3.63, 3.8) is 0 Å². The molecular formula is C6H11N3O. The lowest BCUT2D eigenvalue weighted by atomic mass is 10.2. The van der Waals surface area contributed by atoms with E-state index in [0.29, 0.717) is 13.0 Å². The molecule has 3 N–H and O–H groups in total. The number of nitriles is 1. The van der Waals surface area contributed by atoms with Gasteiger partial charge < -0.3 is 11.1 Å². The van der Waals surface area contributed by atoms with Gasteiger partial charge in [0.1, 0.15) is 0 Å². The molecule has 56 valence electrons. The van der Waals surface area contributed by atoms with Crippen LogP contribution in [-0.4, -0.2) is 12.5 Å². The van der Waals surface area contributed by atoms with Gasteiger partial charge in [0.25, 0.3) is 0 Å². The summed E-state index contributed by atoms with van der Waals surface area (Å²) in [6, 6.07) is 0. The summed E-state index contributed by atoms with van der Waals surface area (Å²) in [6.45, 7) is 0.629. The Morgan fingerprint density at radius 2 is 2.30 bits per heavy atom. The Balaban J connectivity index is 2.92. The Kier molecular flexibility index (Phi) is 5.16. The predicted molar refractivity (Wildman–Crippen MR) is 36.7 cm³/mol. The number of nitrogens with zero attached hydrogens (tertiary/aromatic N) is 1. The monoisotopic (exact) mass is 141 g/mol. The van der Waals surface area contributed by atoms with Crippen molar-refractivity contribution in [1.29, 1.82) is 5.26 Å². The lowest BCUT2D eigenvalue weighted by molar-refractivity contribution is -0.118. The normalized spacial score (nSPS) is 8.30. The van der Waals surface area contributed by atoms with Crippen LogP contribution in [0, 0.1) is 11.5 Å². The standard InChI is InChI=1S/C6H11N3O/c7-5-9-4-2-1-3-6(8)10/h9H,1-4H2,(H2,8,10). The highest BCUT2D eigenvalue weighted by molar-refractivity contribution is 5.73. The van der Waals surface area contributed by atoms with Gasteiger partial charge in [0.05, 0.1) is 0 Å². The van der Waals surface area contributed by atoms with Crippen molar-refractivity contribution in [2.24, 2.45) is 5.73 Å². The topological polar surface area (TPSA) is 78.9 Å². The predicted octanol–water partition coefficient (Wildman–Crippen LogP) is -0.287. The number of carbonyl (C=O) groups is 1. The molecule has 1 amide bonds. The zero-order chi connectivity index (χ0) is 7.82. The van der Waals surface area contributed by atoms with Crippen LogP contribution in [0.3, 0.4) is 0 Å². The summed E-state index contributed by atoms with van der Waals surface area (Å²) in [6.07, 6.45) is 3.77. The molecule has 0 saturated carbocycles. The van der Waals surface area contributed by atoms with Crippen LogP contribution in [-0.2, 0) is 4.79 Å². The quantitative estimate of drug-likeness (QED) is 0.314. The first-order chi connectivity index (χ1) is 4.77. The van der Waals surface area contributed by atoms with E-state index in [9.17, 15) is 4.79 Å².